The number of hydrogen-bond donors (Lipinski definition) is 1. The van der Waals surface area contributed by atoms with Crippen LogP contribution in [0.1, 0.15) is 25.5 Å². The van der Waals surface area contributed by atoms with Crippen molar-refractivity contribution in [3.8, 4) is 5.75 Å². The normalized spacial score (nSPS) is 12.1. The molecule has 1 aromatic carbocycles. The zero-order valence-corrected chi connectivity index (χ0v) is 10.8. The average Bonchev–Trinajstić information content (AvgIpc) is 2.16. The van der Waals surface area contributed by atoms with Crippen LogP contribution in [-0.2, 0) is 0 Å². The summed E-state index contributed by atoms with van der Waals surface area (Å²) in [5.41, 5.74) is 8.31. The molecule has 0 amide bonds. The van der Waals surface area contributed by atoms with Crippen LogP contribution in [0.3, 0.4) is 0 Å². The fourth-order valence-electron chi connectivity index (χ4n) is 1.35. The van der Waals surface area contributed by atoms with E-state index in [1.807, 2.05) is 38.1 Å². The van der Waals surface area contributed by atoms with Crippen molar-refractivity contribution in [1.82, 2.24) is 0 Å². The summed E-state index contributed by atoms with van der Waals surface area (Å²) in [6.07, 6.45) is 2.04. The number of ether oxygens (including phenoxy) is 1. The van der Waals surface area contributed by atoms with E-state index in [0.29, 0.717) is 0 Å². The maximum atomic E-state index is 6.02. The van der Waals surface area contributed by atoms with Gasteiger partial charge in [-0.2, -0.15) is 0 Å². The topological polar surface area (TPSA) is 35.2 Å². The van der Waals surface area contributed by atoms with Gasteiger partial charge in [0.05, 0.1) is 11.6 Å². The van der Waals surface area contributed by atoms with Gasteiger partial charge in [0.15, 0.2) is 0 Å². The van der Waals surface area contributed by atoms with Crippen LogP contribution < -0.4 is 10.5 Å². The summed E-state index contributed by atoms with van der Waals surface area (Å²) in [7, 11) is 1.65. The minimum absolute atomic E-state index is 0.0581. The molecule has 1 rings (SSSR count). The van der Waals surface area contributed by atoms with Crippen molar-refractivity contribution in [2.45, 2.75) is 19.9 Å². The zero-order chi connectivity index (χ0) is 11.4. The molecule has 0 aliphatic carbocycles. The molecule has 0 saturated heterocycles. The van der Waals surface area contributed by atoms with Crippen molar-refractivity contribution in [3.63, 3.8) is 0 Å². The molecule has 0 aromatic heterocycles. The third-order valence-corrected chi connectivity index (χ3v) is 2.69. The zero-order valence-electron chi connectivity index (χ0n) is 9.25. The van der Waals surface area contributed by atoms with E-state index >= 15 is 0 Å². The van der Waals surface area contributed by atoms with Gasteiger partial charge in [0.1, 0.15) is 5.75 Å². The molecule has 0 fully saturated rings. The van der Waals surface area contributed by atoms with Gasteiger partial charge in [-0.1, -0.05) is 17.7 Å². The lowest BCUT2D eigenvalue weighted by atomic mass is 10.1. The molecule has 82 valence electrons. The Hall–Kier alpha value is -0.800. The van der Waals surface area contributed by atoms with Crippen LogP contribution in [0.4, 0.5) is 0 Å². The van der Waals surface area contributed by atoms with Crippen LogP contribution in [-0.4, -0.2) is 7.11 Å². The lowest BCUT2D eigenvalue weighted by molar-refractivity contribution is 0.412. The highest BCUT2D eigenvalue weighted by Crippen LogP contribution is 2.27. The molecule has 0 bridgehead atoms. The van der Waals surface area contributed by atoms with Crippen LogP contribution in [0.5, 0.6) is 5.75 Å². The second kappa shape index (κ2) is 5.33. The number of methoxy groups -OCH3 is 1. The Kier molecular flexibility index (Phi) is 4.36. The molecule has 0 spiro atoms. The van der Waals surface area contributed by atoms with Crippen molar-refractivity contribution >= 4 is 15.9 Å². The fourth-order valence-corrected chi connectivity index (χ4v) is 1.90. The molecule has 0 aliphatic heterocycles. The van der Waals surface area contributed by atoms with E-state index in [2.05, 4.69) is 15.9 Å². The van der Waals surface area contributed by atoms with Gasteiger partial charge in [0, 0.05) is 6.04 Å². The molecule has 1 aromatic rings. The summed E-state index contributed by atoms with van der Waals surface area (Å²) >= 11 is 3.44. The lowest BCUT2D eigenvalue weighted by Crippen LogP contribution is -2.07. The number of halogens is 1. The standard InChI is InChI=1S/C12H16BrNO/c1-8(2)6-11(14)9-4-5-12(15-3)10(13)7-9/h4-7,11H,14H2,1-3H3. The van der Waals surface area contributed by atoms with Gasteiger partial charge in [0.25, 0.3) is 0 Å². The average molecular weight is 270 g/mol. The molecule has 1 unspecified atom stereocenters. The summed E-state index contributed by atoms with van der Waals surface area (Å²) in [6, 6.07) is 5.83. The van der Waals surface area contributed by atoms with Crippen molar-refractivity contribution in [2.75, 3.05) is 7.11 Å². The maximum Gasteiger partial charge on any atom is 0.133 e. The van der Waals surface area contributed by atoms with Gasteiger partial charge in [-0.15, -0.1) is 0 Å². The minimum Gasteiger partial charge on any atom is -0.496 e. The molecule has 15 heavy (non-hydrogen) atoms. The molecule has 1 atom stereocenters. The lowest BCUT2D eigenvalue weighted by Gasteiger charge is -2.10. The Morgan fingerprint density at radius 2 is 2.13 bits per heavy atom. The highest BCUT2D eigenvalue weighted by molar-refractivity contribution is 9.10. The van der Waals surface area contributed by atoms with Crippen molar-refractivity contribution in [3.05, 3.63) is 39.9 Å². The van der Waals surface area contributed by atoms with E-state index in [4.69, 9.17) is 10.5 Å². The highest BCUT2D eigenvalue weighted by atomic mass is 79.9. The van der Waals surface area contributed by atoms with E-state index in [1.54, 1.807) is 7.11 Å². The highest BCUT2D eigenvalue weighted by Gasteiger charge is 2.06. The van der Waals surface area contributed by atoms with E-state index in [1.165, 1.54) is 5.57 Å². The summed E-state index contributed by atoms with van der Waals surface area (Å²) < 4.78 is 6.09. The smallest absolute Gasteiger partial charge is 0.133 e. The second-order valence-corrected chi connectivity index (χ2v) is 4.52. The predicted molar refractivity (Wildman–Crippen MR) is 67.1 cm³/mol. The van der Waals surface area contributed by atoms with Crippen LogP contribution in [0.25, 0.3) is 0 Å². The minimum atomic E-state index is -0.0581. The third kappa shape index (κ3) is 3.36. The van der Waals surface area contributed by atoms with Crippen molar-refractivity contribution < 1.29 is 4.74 Å². The van der Waals surface area contributed by atoms with Crippen molar-refractivity contribution in [1.29, 1.82) is 0 Å². The first kappa shape index (κ1) is 12.3. The summed E-state index contributed by atoms with van der Waals surface area (Å²) in [6.45, 7) is 4.08. The molecule has 0 heterocycles. The SMILES string of the molecule is COc1ccc(C(N)C=C(C)C)cc1Br. The van der Waals surface area contributed by atoms with E-state index in [9.17, 15) is 0 Å². The quantitative estimate of drug-likeness (QED) is 0.854. The fraction of sp³-hybridized carbons (Fsp3) is 0.333. The maximum absolute atomic E-state index is 6.02. The Bertz CT molecular complexity index is 370. The summed E-state index contributed by atoms with van der Waals surface area (Å²) in [4.78, 5) is 0. The first-order valence-corrected chi connectivity index (χ1v) is 5.58. The summed E-state index contributed by atoms with van der Waals surface area (Å²) in [5.74, 6) is 0.822. The molecule has 2 nitrogen and oxygen atoms in total. The van der Waals surface area contributed by atoms with Crippen LogP contribution in [0.2, 0.25) is 0 Å². The Balaban J connectivity index is 2.97. The van der Waals surface area contributed by atoms with Gasteiger partial charge in [0.2, 0.25) is 0 Å². The Morgan fingerprint density at radius 3 is 2.60 bits per heavy atom. The molecule has 0 aliphatic rings. The van der Waals surface area contributed by atoms with Gasteiger partial charge in [-0.3, -0.25) is 0 Å². The Labute approximate surface area is 99.3 Å². The van der Waals surface area contributed by atoms with E-state index in [0.717, 1.165) is 15.8 Å². The number of nitrogens with two attached hydrogens (primary N) is 1. The monoisotopic (exact) mass is 269 g/mol. The first-order valence-electron chi connectivity index (χ1n) is 4.78. The second-order valence-electron chi connectivity index (χ2n) is 3.66. The number of benzene rings is 1. The van der Waals surface area contributed by atoms with Crippen LogP contribution in [0, 0.1) is 0 Å². The largest absolute Gasteiger partial charge is 0.496 e. The molecular formula is C12H16BrNO. The van der Waals surface area contributed by atoms with Gasteiger partial charge < -0.3 is 10.5 Å². The Morgan fingerprint density at radius 1 is 1.47 bits per heavy atom. The van der Waals surface area contributed by atoms with Gasteiger partial charge >= 0.3 is 0 Å². The first-order chi connectivity index (χ1) is 7.04. The van der Waals surface area contributed by atoms with Gasteiger partial charge in [-0.05, 0) is 47.5 Å². The number of rotatable bonds is 3. The third-order valence-electron chi connectivity index (χ3n) is 2.07. The predicted octanol–water partition coefficient (Wildman–Crippen LogP) is 3.42. The van der Waals surface area contributed by atoms with Gasteiger partial charge in [-0.25, -0.2) is 0 Å². The number of hydrogen-bond acceptors (Lipinski definition) is 2. The molecular weight excluding hydrogens is 254 g/mol. The van der Waals surface area contributed by atoms with E-state index in [-0.39, 0.29) is 6.04 Å². The van der Waals surface area contributed by atoms with Crippen LogP contribution >= 0.6 is 15.9 Å². The number of allylic oxidation sites excluding steroid dienone is 1. The van der Waals surface area contributed by atoms with Crippen LogP contribution in [0.15, 0.2) is 34.3 Å². The molecule has 2 N–H and O–H groups in total. The van der Waals surface area contributed by atoms with E-state index < -0.39 is 0 Å². The summed E-state index contributed by atoms with van der Waals surface area (Å²) in [5, 5.41) is 0. The van der Waals surface area contributed by atoms with Crippen molar-refractivity contribution in [2.24, 2.45) is 5.73 Å². The molecule has 3 heteroatoms. The molecule has 0 saturated carbocycles. The molecule has 0 radical (unpaired) electrons.